The summed E-state index contributed by atoms with van der Waals surface area (Å²) >= 11 is 2.04. The van der Waals surface area contributed by atoms with E-state index in [2.05, 4.69) is 41.7 Å². The Labute approximate surface area is 150 Å². The van der Waals surface area contributed by atoms with Crippen LogP contribution in [0.1, 0.15) is 56.2 Å². The molecule has 1 heterocycles. The monoisotopic (exact) mass is 340 g/mol. The van der Waals surface area contributed by atoms with Crippen LogP contribution in [-0.4, -0.2) is 15.3 Å². The van der Waals surface area contributed by atoms with Crippen molar-refractivity contribution in [3.05, 3.63) is 47.5 Å². The Morgan fingerprint density at radius 3 is 3.00 bits per heavy atom. The van der Waals surface area contributed by atoms with Crippen molar-refractivity contribution in [2.24, 2.45) is 5.92 Å². The average molecular weight is 341 g/mol. The van der Waals surface area contributed by atoms with Gasteiger partial charge in [0.25, 0.3) is 0 Å². The summed E-state index contributed by atoms with van der Waals surface area (Å²) in [6, 6.07) is 4.85. The second-order valence-corrected chi connectivity index (χ2v) is 8.84. The Kier molecular flexibility index (Phi) is 4.46. The SMILES string of the molecule is CCSc1ccc2c3c1C[C@@H](Cn1ccnc1)C[C@]3(CC)CCC2. The first-order valence-electron chi connectivity index (χ1n) is 9.49. The van der Waals surface area contributed by atoms with E-state index in [-0.39, 0.29) is 0 Å². The van der Waals surface area contributed by atoms with Crippen LogP contribution in [0.5, 0.6) is 0 Å². The number of benzene rings is 1. The Bertz CT molecular complexity index is 707. The summed E-state index contributed by atoms with van der Waals surface area (Å²) in [6.45, 7) is 5.80. The third kappa shape index (κ3) is 2.71. The molecule has 0 spiro atoms. The standard InChI is InChI=1S/C21H28N2S/c1-3-21-9-5-6-17-7-8-19(24-4-2)18(20(17)21)12-16(13-21)14-23-11-10-22-15-23/h7-8,10-11,15-16H,3-6,9,12-14H2,1-2H3/t16-,21+/m1/s1. The second kappa shape index (κ2) is 6.59. The lowest BCUT2D eigenvalue weighted by atomic mass is 9.59. The number of thioether (sulfide) groups is 1. The van der Waals surface area contributed by atoms with E-state index in [1.54, 1.807) is 21.6 Å². The fraction of sp³-hybridized carbons (Fsp3) is 0.571. The van der Waals surface area contributed by atoms with Crippen LogP contribution in [0.4, 0.5) is 0 Å². The molecule has 0 saturated heterocycles. The molecule has 2 aliphatic carbocycles. The number of aromatic nitrogens is 2. The number of hydrogen-bond acceptors (Lipinski definition) is 2. The zero-order valence-corrected chi connectivity index (χ0v) is 15.7. The molecule has 0 aliphatic heterocycles. The zero-order chi connectivity index (χ0) is 16.6. The van der Waals surface area contributed by atoms with E-state index >= 15 is 0 Å². The second-order valence-electron chi connectivity index (χ2n) is 7.53. The van der Waals surface area contributed by atoms with Gasteiger partial charge in [0, 0.05) is 23.8 Å². The van der Waals surface area contributed by atoms with Gasteiger partial charge >= 0.3 is 0 Å². The molecule has 2 aliphatic rings. The molecule has 3 heteroatoms. The van der Waals surface area contributed by atoms with Gasteiger partial charge in [-0.2, -0.15) is 0 Å². The van der Waals surface area contributed by atoms with Gasteiger partial charge in [-0.25, -0.2) is 4.98 Å². The van der Waals surface area contributed by atoms with E-state index in [4.69, 9.17) is 0 Å². The molecule has 0 N–H and O–H groups in total. The number of nitrogens with zero attached hydrogens (tertiary/aromatic N) is 2. The lowest BCUT2D eigenvalue weighted by Crippen LogP contribution is -2.39. The Morgan fingerprint density at radius 2 is 2.25 bits per heavy atom. The third-order valence-corrected chi connectivity index (χ3v) is 7.15. The van der Waals surface area contributed by atoms with Crippen LogP contribution in [0.15, 0.2) is 35.7 Å². The highest BCUT2D eigenvalue weighted by atomic mass is 32.2. The molecular formula is C21H28N2S. The minimum atomic E-state index is 0.427. The van der Waals surface area contributed by atoms with E-state index in [1.807, 2.05) is 24.3 Å². The van der Waals surface area contributed by atoms with E-state index in [0.29, 0.717) is 5.41 Å². The van der Waals surface area contributed by atoms with Gasteiger partial charge in [0.1, 0.15) is 0 Å². The molecular weight excluding hydrogens is 312 g/mol. The summed E-state index contributed by atoms with van der Waals surface area (Å²) in [5, 5.41) is 0. The fourth-order valence-corrected chi connectivity index (χ4v) is 6.05. The van der Waals surface area contributed by atoms with Crippen LogP contribution in [0.3, 0.4) is 0 Å². The Balaban J connectivity index is 1.77. The van der Waals surface area contributed by atoms with Crippen LogP contribution >= 0.6 is 11.8 Å². The summed E-state index contributed by atoms with van der Waals surface area (Å²) in [6.07, 6.45) is 13.9. The maximum atomic E-state index is 4.24. The van der Waals surface area contributed by atoms with Crippen molar-refractivity contribution >= 4 is 11.8 Å². The van der Waals surface area contributed by atoms with E-state index in [9.17, 15) is 0 Å². The van der Waals surface area contributed by atoms with Crippen LogP contribution in [0.25, 0.3) is 0 Å². The number of rotatable bonds is 5. The van der Waals surface area contributed by atoms with Crippen LogP contribution < -0.4 is 0 Å². The molecule has 24 heavy (non-hydrogen) atoms. The van der Waals surface area contributed by atoms with Crippen molar-refractivity contribution < 1.29 is 0 Å². The first kappa shape index (κ1) is 16.3. The Hall–Kier alpha value is -1.22. The molecule has 0 saturated carbocycles. The minimum Gasteiger partial charge on any atom is -0.337 e. The summed E-state index contributed by atoms with van der Waals surface area (Å²) in [5.41, 5.74) is 5.53. The molecule has 0 radical (unpaired) electrons. The topological polar surface area (TPSA) is 17.8 Å². The molecule has 0 bridgehead atoms. The molecule has 0 amide bonds. The van der Waals surface area contributed by atoms with Crippen molar-refractivity contribution in [3.8, 4) is 0 Å². The summed E-state index contributed by atoms with van der Waals surface area (Å²) in [7, 11) is 0. The van der Waals surface area contributed by atoms with Crippen molar-refractivity contribution in [1.29, 1.82) is 0 Å². The van der Waals surface area contributed by atoms with Gasteiger partial charge in [-0.15, -0.1) is 11.8 Å². The minimum absolute atomic E-state index is 0.427. The van der Waals surface area contributed by atoms with Crippen molar-refractivity contribution in [2.75, 3.05) is 5.75 Å². The fourth-order valence-electron chi connectivity index (χ4n) is 5.22. The van der Waals surface area contributed by atoms with E-state index in [0.717, 1.165) is 18.2 Å². The highest BCUT2D eigenvalue weighted by molar-refractivity contribution is 7.99. The van der Waals surface area contributed by atoms with Gasteiger partial charge in [0.05, 0.1) is 6.33 Å². The summed E-state index contributed by atoms with van der Waals surface area (Å²) in [4.78, 5) is 5.79. The van der Waals surface area contributed by atoms with E-state index in [1.165, 1.54) is 38.5 Å². The van der Waals surface area contributed by atoms with Crippen LogP contribution in [0.2, 0.25) is 0 Å². The molecule has 2 atom stereocenters. The normalized spacial score (nSPS) is 25.5. The van der Waals surface area contributed by atoms with Gasteiger partial charge in [0.2, 0.25) is 0 Å². The van der Waals surface area contributed by atoms with Crippen molar-refractivity contribution in [3.63, 3.8) is 0 Å². The number of imidazole rings is 1. The number of hydrogen-bond donors (Lipinski definition) is 0. The largest absolute Gasteiger partial charge is 0.337 e. The maximum absolute atomic E-state index is 4.24. The molecule has 2 aromatic rings. The third-order valence-electron chi connectivity index (χ3n) is 6.17. The van der Waals surface area contributed by atoms with Crippen molar-refractivity contribution in [1.82, 2.24) is 9.55 Å². The molecule has 2 nitrogen and oxygen atoms in total. The predicted octanol–water partition coefficient (Wildman–Crippen LogP) is 5.24. The smallest absolute Gasteiger partial charge is 0.0945 e. The average Bonchev–Trinajstić information content (AvgIpc) is 3.10. The molecule has 0 unspecified atom stereocenters. The predicted molar refractivity (Wildman–Crippen MR) is 102 cm³/mol. The van der Waals surface area contributed by atoms with E-state index < -0.39 is 0 Å². The zero-order valence-electron chi connectivity index (χ0n) is 14.9. The van der Waals surface area contributed by atoms with Gasteiger partial charge in [0.15, 0.2) is 0 Å². The van der Waals surface area contributed by atoms with Gasteiger partial charge < -0.3 is 4.57 Å². The quantitative estimate of drug-likeness (QED) is 0.693. The highest BCUT2D eigenvalue weighted by Crippen LogP contribution is 2.52. The summed E-state index contributed by atoms with van der Waals surface area (Å²) < 4.78 is 2.28. The molecule has 1 aromatic heterocycles. The highest BCUT2D eigenvalue weighted by Gasteiger charge is 2.42. The van der Waals surface area contributed by atoms with Crippen LogP contribution in [0, 0.1) is 5.92 Å². The van der Waals surface area contributed by atoms with Crippen LogP contribution in [-0.2, 0) is 24.8 Å². The maximum Gasteiger partial charge on any atom is 0.0945 e. The van der Waals surface area contributed by atoms with Gasteiger partial charge in [-0.3, -0.25) is 0 Å². The molecule has 1 aromatic carbocycles. The van der Waals surface area contributed by atoms with Crippen molar-refractivity contribution in [2.45, 2.75) is 69.2 Å². The molecule has 0 fully saturated rings. The number of aryl methyl sites for hydroxylation is 1. The lowest BCUT2D eigenvalue weighted by molar-refractivity contribution is 0.224. The first-order chi connectivity index (χ1) is 11.8. The molecule has 4 rings (SSSR count). The van der Waals surface area contributed by atoms with Gasteiger partial charge in [-0.05, 0) is 78.4 Å². The summed E-state index contributed by atoms with van der Waals surface area (Å²) in [5.74, 6) is 1.90. The first-order valence-corrected chi connectivity index (χ1v) is 10.5. The molecule has 128 valence electrons. The van der Waals surface area contributed by atoms with Gasteiger partial charge in [-0.1, -0.05) is 19.9 Å². The Morgan fingerprint density at radius 1 is 1.33 bits per heavy atom. The lowest BCUT2D eigenvalue weighted by Gasteiger charge is -2.47.